The van der Waals surface area contributed by atoms with Crippen LogP contribution in [0.3, 0.4) is 0 Å². The molecule has 4 aromatic rings. The summed E-state index contributed by atoms with van der Waals surface area (Å²) in [7, 11) is 0. The van der Waals surface area contributed by atoms with Gasteiger partial charge in [0.1, 0.15) is 0 Å². The SMILES string of the molecule is C[C@H](Sc1nnnn1-c1ccc(Cl)cc1)C(=O)Nc1ccc2[nH]c(=O)[nH]c2c1. The number of fused-ring (bicyclic) bond motifs is 1. The van der Waals surface area contributed by atoms with Gasteiger partial charge < -0.3 is 15.3 Å². The van der Waals surface area contributed by atoms with Gasteiger partial charge >= 0.3 is 5.69 Å². The van der Waals surface area contributed by atoms with Crippen LogP contribution in [0.2, 0.25) is 5.02 Å². The molecule has 28 heavy (non-hydrogen) atoms. The van der Waals surface area contributed by atoms with Crippen molar-refractivity contribution >= 4 is 46.0 Å². The number of nitrogens with one attached hydrogen (secondary N) is 3. The quantitative estimate of drug-likeness (QED) is 0.431. The van der Waals surface area contributed by atoms with E-state index in [9.17, 15) is 9.59 Å². The van der Waals surface area contributed by atoms with E-state index in [2.05, 4.69) is 30.8 Å². The molecule has 0 saturated carbocycles. The van der Waals surface area contributed by atoms with Gasteiger partial charge in [0.25, 0.3) is 0 Å². The Labute approximate surface area is 167 Å². The molecule has 1 atom stereocenters. The summed E-state index contributed by atoms with van der Waals surface area (Å²) >= 11 is 7.14. The number of nitrogens with zero attached hydrogens (tertiary/aromatic N) is 4. The van der Waals surface area contributed by atoms with Gasteiger partial charge in [0, 0.05) is 10.7 Å². The largest absolute Gasteiger partial charge is 0.325 e. The van der Waals surface area contributed by atoms with E-state index in [1.807, 2.05) is 0 Å². The standard InChI is InChI=1S/C17H14ClN7O2S/c1-9(15(26)19-11-4-7-13-14(8-11)21-16(27)20-13)28-17-22-23-24-25(17)12-5-2-10(18)3-6-12/h2-9H,1H3,(H,19,26)(H2,20,21,27)/t9-/m0/s1. The number of anilines is 1. The van der Waals surface area contributed by atoms with E-state index in [-0.39, 0.29) is 11.6 Å². The van der Waals surface area contributed by atoms with Gasteiger partial charge in [-0.1, -0.05) is 23.4 Å². The molecule has 0 spiro atoms. The zero-order valence-electron chi connectivity index (χ0n) is 14.5. The highest BCUT2D eigenvalue weighted by Crippen LogP contribution is 2.25. The normalized spacial score (nSPS) is 12.2. The lowest BCUT2D eigenvalue weighted by molar-refractivity contribution is -0.115. The molecule has 142 valence electrons. The molecule has 3 N–H and O–H groups in total. The van der Waals surface area contributed by atoms with E-state index in [0.29, 0.717) is 26.9 Å². The van der Waals surface area contributed by atoms with Crippen LogP contribution in [-0.4, -0.2) is 41.3 Å². The highest BCUT2D eigenvalue weighted by molar-refractivity contribution is 8.00. The van der Waals surface area contributed by atoms with Gasteiger partial charge in [0.2, 0.25) is 11.1 Å². The van der Waals surface area contributed by atoms with Gasteiger partial charge in [-0.3, -0.25) is 4.79 Å². The minimum atomic E-state index is -0.460. The fourth-order valence-electron chi connectivity index (χ4n) is 2.56. The zero-order chi connectivity index (χ0) is 19.7. The third-order valence-electron chi connectivity index (χ3n) is 3.95. The van der Waals surface area contributed by atoms with Crippen molar-refractivity contribution in [3.8, 4) is 5.69 Å². The topological polar surface area (TPSA) is 121 Å². The first-order valence-corrected chi connectivity index (χ1v) is 9.49. The smallest absolute Gasteiger partial charge is 0.323 e. The van der Waals surface area contributed by atoms with Crippen molar-refractivity contribution in [1.82, 2.24) is 30.2 Å². The van der Waals surface area contributed by atoms with Crippen LogP contribution in [0.1, 0.15) is 6.92 Å². The number of carbonyl (C=O) groups excluding carboxylic acids is 1. The summed E-state index contributed by atoms with van der Waals surface area (Å²) in [6, 6.07) is 12.2. The Hall–Kier alpha value is -3.11. The molecule has 0 aliphatic carbocycles. The number of tetrazole rings is 1. The van der Waals surface area contributed by atoms with Gasteiger partial charge in [-0.15, -0.1) is 5.10 Å². The Kier molecular flexibility index (Phi) is 4.88. The molecular formula is C17H14ClN7O2S. The number of hydrogen-bond donors (Lipinski definition) is 3. The predicted molar refractivity (Wildman–Crippen MR) is 107 cm³/mol. The van der Waals surface area contributed by atoms with Gasteiger partial charge in [-0.05, 0) is 59.8 Å². The third-order valence-corrected chi connectivity index (χ3v) is 5.23. The Bertz CT molecular complexity index is 1200. The molecule has 0 bridgehead atoms. The van der Waals surface area contributed by atoms with Crippen molar-refractivity contribution in [2.75, 3.05) is 5.32 Å². The van der Waals surface area contributed by atoms with E-state index < -0.39 is 5.25 Å². The Morgan fingerprint density at radius 1 is 1.18 bits per heavy atom. The van der Waals surface area contributed by atoms with Crippen molar-refractivity contribution < 1.29 is 4.79 Å². The maximum Gasteiger partial charge on any atom is 0.323 e. The van der Waals surface area contributed by atoms with Gasteiger partial charge in [0.05, 0.1) is 22.0 Å². The van der Waals surface area contributed by atoms with Crippen molar-refractivity contribution in [2.24, 2.45) is 0 Å². The first kappa shape index (κ1) is 18.3. The Morgan fingerprint density at radius 3 is 2.71 bits per heavy atom. The molecular weight excluding hydrogens is 402 g/mol. The van der Waals surface area contributed by atoms with Crippen LogP contribution in [0.25, 0.3) is 16.7 Å². The van der Waals surface area contributed by atoms with E-state index in [0.717, 1.165) is 5.69 Å². The average molecular weight is 416 g/mol. The van der Waals surface area contributed by atoms with Crippen LogP contribution in [0.5, 0.6) is 0 Å². The number of aromatic nitrogens is 6. The highest BCUT2D eigenvalue weighted by Gasteiger charge is 2.19. The maximum atomic E-state index is 12.6. The summed E-state index contributed by atoms with van der Waals surface area (Å²) in [5, 5.41) is 15.1. The molecule has 2 aromatic heterocycles. The molecule has 1 amide bonds. The number of amides is 1. The molecule has 9 nitrogen and oxygen atoms in total. The summed E-state index contributed by atoms with van der Waals surface area (Å²) in [4.78, 5) is 29.2. The minimum absolute atomic E-state index is 0.215. The second-order valence-corrected chi connectivity index (χ2v) is 7.68. The van der Waals surface area contributed by atoms with Crippen LogP contribution in [-0.2, 0) is 4.79 Å². The fraction of sp³-hybridized carbons (Fsp3) is 0.118. The second kappa shape index (κ2) is 7.49. The van der Waals surface area contributed by atoms with Crippen molar-refractivity contribution in [1.29, 1.82) is 0 Å². The lowest BCUT2D eigenvalue weighted by Crippen LogP contribution is -2.22. The molecule has 0 radical (unpaired) electrons. The molecule has 2 aromatic carbocycles. The van der Waals surface area contributed by atoms with E-state index in [4.69, 9.17) is 11.6 Å². The first-order valence-electron chi connectivity index (χ1n) is 8.23. The number of H-pyrrole nitrogens is 2. The summed E-state index contributed by atoms with van der Waals surface area (Å²) in [5.41, 5.74) is 2.32. The number of thioether (sulfide) groups is 1. The summed E-state index contributed by atoms with van der Waals surface area (Å²) in [6.45, 7) is 1.76. The molecule has 0 aliphatic heterocycles. The molecule has 0 aliphatic rings. The fourth-order valence-corrected chi connectivity index (χ4v) is 3.50. The average Bonchev–Trinajstić information content (AvgIpc) is 3.27. The molecule has 2 heterocycles. The van der Waals surface area contributed by atoms with E-state index in [1.54, 1.807) is 54.1 Å². The minimum Gasteiger partial charge on any atom is -0.325 e. The Balaban J connectivity index is 1.48. The maximum absolute atomic E-state index is 12.6. The molecule has 11 heteroatoms. The van der Waals surface area contributed by atoms with Crippen LogP contribution in [0.15, 0.2) is 52.4 Å². The van der Waals surface area contributed by atoms with Gasteiger partial charge in [-0.2, -0.15) is 4.68 Å². The zero-order valence-corrected chi connectivity index (χ0v) is 16.1. The number of benzene rings is 2. The highest BCUT2D eigenvalue weighted by atomic mass is 35.5. The molecule has 4 rings (SSSR count). The van der Waals surface area contributed by atoms with E-state index >= 15 is 0 Å². The first-order chi connectivity index (χ1) is 13.5. The van der Waals surface area contributed by atoms with Gasteiger partial charge in [-0.25, -0.2) is 4.79 Å². The van der Waals surface area contributed by atoms with Gasteiger partial charge in [0.15, 0.2) is 0 Å². The van der Waals surface area contributed by atoms with Crippen LogP contribution in [0, 0.1) is 0 Å². The molecule has 0 unspecified atom stereocenters. The number of halogens is 1. The number of aromatic amines is 2. The lowest BCUT2D eigenvalue weighted by atomic mass is 10.2. The monoisotopic (exact) mass is 415 g/mol. The van der Waals surface area contributed by atoms with E-state index in [1.165, 1.54) is 11.8 Å². The summed E-state index contributed by atoms with van der Waals surface area (Å²) in [5.74, 6) is -0.215. The molecule has 0 fully saturated rings. The lowest BCUT2D eigenvalue weighted by Gasteiger charge is -2.12. The number of hydrogen-bond acceptors (Lipinski definition) is 6. The van der Waals surface area contributed by atoms with Crippen molar-refractivity contribution in [3.05, 3.63) is 58.0 Å². The van der Waals surface area contributed by atoms with Crippen molar-refractivity contribution in [3.63, 3.8) is 0 Å². The number of imidazole rings is 1. The van der Waals surface area contributed by atoms with Crippen LogP contribution < -0.4 is 11.0 Å². The number of rotatable bonds is 5. The molecule has 0 saturated heterocycles. The predicted octanol–water partition coefficient (Wildman–Crippen LogP) is 2.60. The third kappa shape index (κ3) is 3.78. The Morgan fingerprint density at radius 2 is 1.93 bits per heavy atom. The van der Waals surface area contributed by atoms with Crippen molar-refractivity contribution in [2.45, 2.75) is 17.3 Å². The summed E-state index contributed by atoms with van der Waals surface area (Å²) < 4.78 is 1.54. The number of carbonyl (C=O) groups is 1. The van der Waals surface area contributed by atoms with Crippen LogP contribution >= 0.6 is 23.4 Å². The summed E-state index contributed by atoms with van der Waals surface area (Å²) in [6.07, 6.45) is 0. The van der Waals surface area contributed by atoms with Crippen LogP contribution in [0.4, 0.5) is 5.69 Å². The second-order valence-electron chi connectivity index (χ2n) is 5.94.